The number of allylic oxidation sites excluding steroid dienone is 6. The van der Waals surface area contributed by atoms with Crippen LogP contribution in [0.4, 0.5) is 0 Å². The molecule has 9 heteroatoms. The molecule has 0 rings (SSSR count). The van der Waals surface area contributed by atoms with Gasteiger partial charge in [-0.15, -0.1) is 0 Å². The number of carbonyl (C=O) groups excluding carboxylic acids is 3. The number of unbranched alkanes of at least 4 members (excludes halogenated alkanes) is 42. The van der Waals surface area contributed by atoms with Crippen molar-refractivity contribution in [3.63, 3.8) is 0 Å². The minimum absolute atomic E-state index is 0.146. The third-order valence-electron chi connectivity index (χ3n) is 15.1. The van der Waals surface area contributed by atoms with Crippen LogP contribution in [-0.2, 0) is 33.3 Å². The Morgan fingerprint density at radius 2 is 0.692 bits per heavy atom. The molecule has 0 amide bonds. The van der Waals surface area contributed by atoms with Crippen molar-refractivity contribution in [2.45, 2.75) is 341 Å². The van der Waals surface area contributed by atoms with Crippen LogP contribution >= 0.6 is 0 Å². The number of nitrogens with zero attached hydrogens (tertiary/aromatic N) is 1. The van der Waals surface area contributed by atoms with Crippen molar-refractivity contribution in [3.8, 4) is 0 Å². The first-order valence-electron chi connectivity index (χ1n) is 33.6. The van der Waals surface area contributed by atoms with Crippen LogP contribution in [0.2, 0.25) is 0 Å². The minimum atomic E-state index is -1.62. The SMILES string of the molecule is CCCCCC/C=C\C/C=C\CCCCCCCC(=O)OC(COC(=O)CCCCCCCCCCCCCCCCCCCCCCCCCCC/C=C\CCCCCCCCCC)COC(OCC[N+](C)(C)C)C(=O)[O-]. The molecular formula is C69H129NO8. The lowest BCUT2D eigenvalue weighted by Gasteiger charge is -2.26. The van der Waals surface area contributed by atoms with Gasteiger partial charge in [0.05, 0.1) is 40.3 Å². The molecule has 9 nitrogen and oxygen atoms in total. The molecular weight excluding hydrogens is 971 g/mol. The molecule has 0 aromatic carbocycles. The van der Waals surface area contributed by atoms with Crippen molar-refractivity contribution in [3.05, 3.63) is 36.5 Å². The maximum absolute atomic E-state index is 12.8. The fourth-order valence-electron chi connectivity index (χ4n) is 9.92. The molecule has 0 fully saturated rings. The average Bonchev–Trinajstić information content (AvgIpc) is 3.41. The molecule has 2 atom stereocenters. The van der Waals surface area contributed by atoms with Crippen LogP contribution in [0.1, 0.15) is 328 Å². The van der Waals surface area contributed by atoms with E-state index < -0.39 is 24.3 Å². The van der Waals surface area contributed by atoms with Crippen molar-refractivity contribution in [2.75, 3.05) is 47.5 Å². The van der Waals surface area contributed by atoms with Gasteiger partial charge in [-0.1, -0.05) is 281 Å². The number of quaternary nitrogens is 1. The quantitative estimate of drug-likeness (QED) is 0.0195. The van der Waals surface area contributed by atoms with Crippen LogP contribution in [0.3, 0.4) is 0 Å². The summed E-state index contributed by atoms with van der Waals surface area (Å²) < 4.78 is 22.7. The zero-order chi connectivity index (χ0) is 56.9. The Balaban J connectivity index is 3.96. The Labute approximate surface area is 483 Å². The lowest BCUT2D eigenvalue weighted by atomic mass is 10.0. The van der Waals surface area contributed by atoms with E-state index in [1.807, 2.05) is 21.1 Å². The maximum atomic E-state index is 12.8. The number of rotatable bonds is 63. The van der Waals surface area contributed by atoms with Gasteiger partial charge in [0.25, 0.3) is 0 Å². The number of hydrogen-bond donors (Lipinski definition) is 0. The number of aliphatic carboxylic acids is 1. The van der Waals surface area contributed by atoms with Gasteiger partial charge in [-0.25, -0.2) is 0 Å². The molecule has 0 aromatic rings. The summed E-state index contributed by atoms with van der Waals surface area (Å²) >= 11 is 0. The van der Waals surface area contributed by atoms with Crippen molar-refractivity contribution in [1.29, 1.82) is 0 Å². The van der Waals surface area contributed by atoms with Crippen molar-refractivity contribution < 1.29 is 42.9 Å². The van der Waals surface area contributed by atoms with Gasteiger partial charge in [0.2, 0.25) is 0 Å². The van der Waals surface area contributed by atoms with Gasteiger partial charge in [-0.3, -0.25) is 9.59 Å². The fourth-order valence-corrected chi connectivity index (χ4v) is 9.92. The summed E-state index contributed by atoms with van der Waals surface area (Å²) in [6.07, 6.45) is 72.4. The van der Waals surface area contributed by atoms with Gasteiger partial charge in [0.1, 0.15) is 13.2 Å². The van der Waals surface area contributed by atoms with Gasteiger partial charge < -0.3 is 33.3 Å². The molecule has 0 heterocycles. The van der Waals surface area contributed by atoms with Crippen LogP contribution in [0.5, 0.6) is 0 Å². The normalized spacial score (nSPS) is 12.9. The largest absolute Gasteiger partial charge is 0.545 e. The van der Waals surface area contributed by atoms with Crippen molar-refractivity contribution in [2.24, 2.45) is 0 Å². The number of esters is 2. The van der Waals surface area contributed by atoms with Gasteiger partial charge in [-0.2, -0.15) is 0 Å². The highest BCUT2D eigenvalue weighted by Gasteiger charge is 2.22. The van der Waals surface area contributed by atoms with E-state index in [4.69, 9.17) is 18.9 Å². The first-order chi connectivity index (χ1) is 38.1. The van der Waals surface area contributed by atoms with E-state index in [2.05, 4.69) is 50.3 Å². The molecule has 0 aliphatic carbocycles. The standard InChI is InChI=1S/C69H129NO8/c1-6-8-10-12-14-16-18-20-22-24-25-26-27-28-29-30-31-32-33-34-35-36-37-38-39-40-41-42-43-44-46-47-49-51-53-55-57-59-66(71)76-63-65(64-77-69(68(73)74)75-62-61-70(3,4)5)78-67(72)60-58-56-54-52-50-48-45-23-21-19-17-15-13-11-9-7-2/h17,19,23-25,45,65,69H,6-16,18,20-22,26-44,46-64H2,1-5H3/b19-17-,25-24-,45-23-. The maximum Gasteiger partial charge on any atom is 0.306 e. The third kappa shape index (κ3) is 61.1. The third-order valence-corrected chi connectivity index (χ3v) is 15.1. The van der Waals surface area contributed by atoms with Crippen LogP contribution in [0.25, 0.3) is 0 Å². The monoisotopic (exact) mass is 1100 g/mol. The zero-order valence-electron chi connectivity index (χ0n) is 52.3. The molecule has 0 N–H and O–H groups in total. The van der Waals surface area contributed by atoms with Crippen LogP contribution < -0.4 is 5.11 Å². The van der Waals surface area contributed by atoms with E-state index in [1.165, 1.54) is 238 Å². The zero-order valence-corrected chi connectivity index (χ0v) is 52.3. The van der Waals surface area contributed by atoms with Gasteiger partial charge in [0, 0.05) is 12.8 Å². The first kappa shape index (κ1) is 75.5. The lowest BCUT2D eigenvalue weighted by molar-refractivity contribution is -0.870. The predicted molar refractivity (Wildman–Crippen MR) is 329 cm³/mol. The molecule has 0 radical (unpaired) electrons. The van der Waals surface area contributed by atoms with E-state index in [0.29, 0.717) is 23.9 Å². The second-order valence-corrected chi connectivity index (χ2v) is 24.1. The number of carboxylic acid groups (broad SMARTS) is 1. The van der Waals surface area contributed by atoms with E-state index in [1.54, 1.807) is 0 Å². The molecule has 0 aromatic heterocycles. The highest BCUT2D eigenvalue weighted by atomic mass is 16.7. The molecule has 0 saturated carbocycles. The number of likely N-dealkylation sites (N-methyl/N-ethyl adjacent to an activating group) is 1. The topological polar surface area (TPSA) is 111 Å². The second kappa shape index (κ2) is 60.6. The Morgan fingerprint density at radius 3 is 1.04 bits per heavy atom. The summed E-state index contributed by atoms with van der Waals surface area (Å²) in [7, 11) is 5.93. The minimum Gasteiger partial charge on any atom is -0.545 e. The van der Waals surface area contributed by atoms with E-state index in [0.717, 1.165) is 57.8 Å². The summed E-state index contributed by atoms with van der Waals surface area (Å²) in [5.41, 5.74) is 0. The molecule has 0 saturated heterocycles. The molecule has 0 bridgehead atoms. The highest BCUT2D eigenvalue weighted by Crippen LogP contribution is 2.18. The number of ether oxygens (including phenoxy) is 4. The Kier molecular flexibility index (Phi) is 58.7. The van der Waals surface area contributed by atoms with E-state index in [-0.39, 0.29) is 32.2 Å². The van der Waals surface area contributed by atoms with Gasteiger partial charge in [-0.05, 0) is 70.6 Å². The Hall–Kier alpha value is -2.49. The van der Waals surface area contributed by atoms with Gasteiger partial charge in [0.15, 0.2) is 12.4 Å². The first-order valence-corrected chi connectivity index (χ1v) is 33.6. The summed E-state index contributed by atoms with van der Waals surface area (Å²) in [6, 6.07) is 0. The van der Waals surface area contributed by atoms with Crippen LogP contribution in [0.15, 0.2) is 36.5 Å². The number of carbonyl (C=O) groups is 3. The number of carboxylic acids is 1. The number of hydrogen-bond acceptors (Lipinski definition) is 8. The molecule has 78 heavy (non-hydrogen) atoms. The highest BCUT2D eigenvalue weighted by molar-refractivity contribution is 5.70. The summed E-state index contributed by atoms with van der Waals surface area (Å²) in [6.45, 7) is 4.76. The Morgan fingerprint density at radius 1 is 0.385 bits per heavy atom. The summed E-state index contributed by atoms with van der Waals surface area (Å²) in [4.78, 5) is 37.3. The average molecular weight is 1100 g/mol. The van der Waals surface area contributed by atoms with E-state index in [9.17, 15) is 19.5 Å². The van der Waals surface area contributed by atoms with Crippen molar-refractivity contribution >= 4 is 17.9 Å². The van der Waals surface area contributed by atoms with Gasteiger partial charge >= 0.3 is 11.9 Å². The second-order valence-electron chi connectivity index (χ2n) is 24.1. The summed E-state index contributed by atoms with van der Waals surface area (Å²) in [5.74, 6) is -2.28. The molecule has 2 unspecified atom stereocenters. The summed E-state index contributed by atoms with van der Waals surface area (Å²) in [5, 5.41) is 11.8. The lowest BCUT2D eigenvalue weighted by Crippen LogP contribution is -2.44. The molecule has 0 spiro atoms. The van der Waals surface area contributed by atoms with Crippen LogP contribution in [-0.4, -0.2) is 82.3 Å². The predicted octanol–water partition coefficient (Wildman–Crippen LogP) is 19.1. The van der Waals surface area contributed by atoms with Crippen molar-refractivity contribution in [1.82, 2.24) is 0 Å². The van der Waals surface area contributed by atoms with Crippen LogP contribution in [0, 0.1) is 0 Å². The smallest absolute Gasteiger partial charge is 0.306 e. The molecule has 458 valence electrons. The molecule has 0 aliphatic rings. The fraction of sp³-hybridized carbons (Fsp3) is 0.870. The van der Waals surface area contributed by atoms with E-state index >= 15 is 0 Å². The molecule has 0 aliphatic heterocycles. The Bertz CT molecular complexity index is 1370.